The third kappa shape index (κ3) is 3.69. The van der Waals surface area contributed by atoms with Crippen molar-refractivity contribution in [2.45, 2.75) is 12.7 Å². The highest BCUT2D eigenvalue weighted by Gasteiger charge is 2.12. The zero-order valence-corrected chi connectivity index (χ0v) is 11.6. The number of nitrogens with two attached hydrogens (primary N) is 1. The molecular formula is C13H14N2O4S. The molecule has 0 aliphatic rings. The number of hydrogen-bond donors (Lipinski definition) is 2. The highest BCUT2D eigenvalue weighted by Crippen LogP contribution is 2.15. The Hall–Kier alpha value is -2.12. The van der Waals surface area contributed by atoms with Gasteiger partial charge in [0.05, 0.1) is 12.0 Å². The number of anilines is 1. The summed E-state index contributed by atoms with van der Waals surface area (Å²) >= 11 is 0. The summed E-state index contributed by atoms with van der Waals surface area (Å²) < 4.78 is 27.0. The van der Waals surface area contributed by atoms with Crippen molar-refractivity contribution >= 4 is 21.6 Å². The first-order chi connectivity index (χ1) is 9.35. The van der Waals surface area contributed by atoms with Gasteiger partial charge in [0.2, 0.25) is 10.0 Å². The Kier molecular flexibility index (Phi) is 3.91. The van der Waals surface area contributed by atoms with Crippen molar-refractivity contribution in [1.82, 2.24) is 0 Å². The van der Waals surface area contributed by atoms with Crippen molar-refractivity contribution < 1.29 is 17.6 Å². The number of amides is 1. The summed E-state index contributed by atoms with van der Waals surface area (Å²) in [7, 11) is -3.56. The van der Waals surface area contributed by atoms with E-state index in [1.807, 2.05) is 0 Å². The van der Waals surface area contributed by atoms with Crippen LogP contribution in [-0.4, -0.2) is 14.3 Å². The van der Waals surface area contributed by atoms with Crippen molar-refractivity contribution in [3.8, 4) is 0 Å². The van der Waals surface area contributed by atoms with Gasteiger partial charge in [0.1, 0.15) is 0 Å². The summed E-state index contributed by atoms with van der Waals surface area (Å²) in [6.07, 6.45) is 1.44. The lowest BCUT2D eigenvalue weighted by atomic mass is 10.2. The van der Waals surface area contributed by atoms with E-state index >= 15 is 0 Å². The second-order valence-electron chi connectivity index (χ2n) is 4.39. The number of hydrogen-bond acceptors (Lipinski definition) is 4. The average molecular weight is 294 g/mol. The standard InChI is InChI=1S/C13H14N2O4S/c1-9-6-7-19-12(9)13(16)15-11-4-2-10(3-5-11)8-20(14,17)18/h2-7H,8H2,1H3,(H,15,16)(H2,14,17,18). The SMILES string of the molecule is Cc1ccoc1C(=O)Nc1ccc(CS(N)(=O)=O)cc1. The number of sulfonamides is 1. The average Bonchev–Trinajstić information content (AvgIpc) is 2.76. The van der Waals surface area contributed by atoms with Gasteiger partial charge in [-0.1, -0.05) is 12.1 Å². The molecule has 0 aliphatic heterocycles. The third-order valence-corrected chi connectivity index (χ3v) is 3.38. The number of nitrogens with one attached hydrogen (secondary N) is 1. The predicted molar refractivity (Wildman–Crippen MR) is 74.7 cm³/mol. The first kappa shape index (κ1) is 14.3. The molecule has 0 aliphatic carbocycles. The maximum absolute atomic E-state index is 11.9. The minimum Gasteiger partial charge on any atom is -0.459 e. The zero-order chi connectivity index (χ0) is 14.8. The summed E-state index contributed by atoms with van der Waals surface area (Å²) in [4.78, 5) is 11.9. The van der Waals surface area contributed by atoms with Crippen LogP contribution in [-0.2, 0) is 15.8 Å². The maximum Gasteiger partial charge on any atom is 0.291 e. The van der Waals surface area contributed by atoms with Crippen LogP contribution in [0.5, 0.6) is 0 Å². The minimum absolute atomic E-state index is 0.238. The van der Waals surface area contributed by atoms with Crippen LogP contribution >= 0.6 is 0 Å². The number of rotatable bonds is 4. The van der Waals surface area contributed by atoms with Gasteiger partial charge >= 0.3 is 0 Å². The van der Waals surface area contributed by atoms with Crippen LogP contribution in [0.25, 0.3) is 0 Å². The van der Waals surface area contributed by atoms with Gasteiger partial charge in [-0.05, 0) is 30.7 Å². The molecule has 7 heteroatoms. The molecule has 2 aromatic rings. The molecule has 6 nitrogen and oxygen atoms in total. The van der Waals surface area contributed by atoms with Crippen molar-refractivity contribution in [3.63, 3.8) is 0 Å². The molecule has 0 radical (unpaired) electrons. The van der Waals surface area contributed by atoms with Gasteiger partial charge in [0, 0.05) is 11.3 Å². The summed E-state index contributed by atoms with van der Waals surface area (Å²) in [5, 5.41) is 7.62. The lowest BCUT2D eigenvalue weighted by Crippen LogP contribution is -2.15. The van der Waals surface area contributed by atoms with Crippen LogP contribution in [0.2, 0.25) is 0 Å². The third-order valence-electron chi connectivity index (χ3n) is 2.65. The Balaban J connectivity index is 2.08. The molecular weight excluding hydrogens is 280 g/mol. The molecule has 3 N–H and O–H groups in total. The molecule has 106 valence electrons. The number of aryl methyl sites for hydroxylation is 1. The Morgan fingerprint density at radius 2 is 1.90 bits per heavy atom. The van der Waals surface area contributed by atoms with Crippen LogP contribution in [0.4, 0.5) is 5.69 Å². The highest BCUT2D eigenvalue weighted by molar-refractivity contribution is 7.88. The van der Waals surface area contributed by atoms with Gasteiger partial charge in [-0.25, -0.2) is 13.6 Å². The Morgan fingerprint density at radius 1 is 1.25 bits per heavy atom. The smallest absolute Gasteiger partial charge is 0.291 e. The molecule has 0 atom stereocenters. The van der Waals surface area contributed by atoms with E-state index < -0.39 is 10.0 Å². The predicted octanol–water partition coefficient (Wildman–Crippen LogP) is 1.63. The molecule has 1 amide bonds. The normalized spacial score (nSPS) is 11.3. The van der Waals surface area contributed by atoms with Crippen molar-refractivity contribution in [3.05, 3.63) is 53.5 Å². The van der Waals surface area contributed by atoms with Gasteiger partial charge in [-0.15, -0.1) is 0 Å². The van der Waals surface area contributed by atoms with Crippen molar-refractivity contribution in [1.29, 1.82) is 0 Å². The quantitative estimate of drug-likeness (QED) is 0.894. The summed E-state index contributed by atoms with van der Waals surface area (Å²) in [5.41, 5.74) is 1.84. The number of benzene rings is 1. The molecule has 0 saturated carbocycles. The van der Waals surface area contributed by atoms with Crippen LogP contribution in [0.15, 0.2) is 41.0 Å². The maximum atomic E-state index is 11.9. The monoisotopic (exact) mass is 294 g/mol. The van der Waals surface area contributed by atoms with Crippen LogP contribution in [0.1, 0.15) is 21.7 Å². The molecule has 1 aromatic carbocycles. The lowest BCUT2D eigenvalue weighted by Gasteiger charge is -2.05. The van der Waals surface area contributed by atoms with Crippen molar-refractivity contribution in [2.75, 3.05) is 5.32 Å². The molecule has 0 bridgehead atoms. The summed E-state index contributed by atoms with van der Waals surface area (Å²) in [5.74, 6) is -0.344. The van der Waals surface area contributed by atoms with E-state index in [-0.39, 0.29) is 17.4 Å². The first-order valence-electron chi connectivity index (χ1n) is 5.80. The second kappa shape index (κ2) is 5.48. The van der Waals surface area contributed by atoms with E-state index in [1.54, 1.807) is 37.3 Å². The second-order valence-corrected chi connectivity index (χ2v) is 6.01. The number of carbonyl (C=O) groups is 1. The highest BCUT2D eigenvalue weighted by atomic mass is 32.2. The molecule has 20 heavy (non-hydrogen) atoms. The van der Waals surface area contributed by atoms with E-state index in [2.05, 4.69) is 5.32 Å². The minimum atomic E-state index is -3.56. The fourth-order valence-corrected chi connectivity index (χ4v) is 2.37. The van der Waals surface area contributed by atoms with Gasteiger partial charge in [0.25, 0.3) is 5.91 Å². The fraction of sp³-hybridized carbons (Fsp3) is 0.154. The molecule has 0 saturated heterocycles. The van der Waals surface area contributed by atoms with E-state index in [0.29, 0.717) is 11.3 Å². The van der Waals surface area contributed by atoms with E-state index in [4.69, 9.17) is 9.56 Å². The Labute approximate surface area is 116 Å². The van der Waals surface area contributed by atoms with E-state index in [9.17, 15) is 13.2 Å². The van der Waals surface area contributed by atoms with Crippen LogP contribution in [0.3, 0.4) is 0 Å². The van der Waals surface area contributed by atoms with Gasteiger partial charge < -0.3 is 9.73 Å². The molecule has 2 rings (SSSR count). The van der Waals surface area contributed by atoms with Crippen LogP contribution < -0.4 is 10.5 Å². The number of furan rings is 1. The van der Waals surface area contributed by atoms with Crippen molar-refractivity contribution in [2.24, 2.45) is 5.14 Å². The topological polar surface area (TPSA) is 102 Å². The van der Waals surface area contributed by atoms with Gasteiger partial charge in [-0.2, -0.15) is 0 Å². The molecule has 0 fully saturated rings. The largest absolute Gasteiger partial charge is 0.459 e. The number of primary sulfonamides is 1. The summed E-state index contributed by atoms with van der Waals surface area (Å²) in [6.45, 7) is 1.77. The van der Waals surface area contributed by atoms with E-state index in [0.717, 1.165) is 5.56 Å². The van der Waals surface area contributed by atoms with Crippen LogP contribution in [0, 0.1) is 6.92 Å². The van der Waals surface area contributed by atoms with Gasteiger partial charge in [0.15, 0.2) is 5.76 Å². The van der Waals surface area contributed by atoms with E-state index in [1.165, 1.54) is 6.26 Å². The number of carbonyl (C=O) groups excluding carboxylic acids is 1. The Bertz CT molecular complexity index is 717. The molecule has 0 unspecified atom stereocenters. The summed E-state index contributed by atoms with van der Waals surface area (Å²) in [6, 6.07) is 8.10. The molecule has 1 aromatic heterocycles. The fourth-order valence-electron chi connectivity index (χ4n) is 1.71. The lowest BCUT2D eigenvalue weighted by molar-refractivity contribution is 0.0996. The first-order valence-corrected chi connectivity index (χ1v) is 7.51. The Morgan fingerprint density at radius 3 is 2.40 bits per heavy atom. The zero-order valence-electron chi connectivity index (χ0n) is 10.8. The molecule has 1 heterocycles. The van der Waals surface area contributed by atoms with Gasteiger partial charge in [-0.3, -0.25) is 4.79 Å². The molecule has 0 spiro atoms.